The van der Waals surface area contributed by atoms with Crippen molar-refractivity contribution in [3.63, 3.8) is 0 Å². The van der Waals surface area contributed by atoms with E-state index < -0.39 is 0 Å². The van der Waals surface area contributed by atoms with E-state index in [4.69, 9.17) is 0 Å². The number of rotatable bonds is 3. The maximum absolute atomic E-state index is 13.5. The summed E-state index contributed by atoms with van der Waals surface area (Å²) < 4.78 is 13.5. The lowest BCUT2D eigenvalue weighted by molar-refractivity contribution is -0.0124. The van der Waals surface area contributed by atoms with Crippen molar-refractivity contribution in [1.29, 1.82) is 0 Å². The van der Waals surface area contributed by atoms with Gasteiger partial charge in [-0.2, -0.15) is 0 Å². The number of piperidine rings is 1. The minimum atomic E-state index is -0.122. The Balaban J connectivity index is 1.78. The van der Waals surface area contributed by atoms with Crippen molar-refractivity contribution in [2.75, 3.05) is 19.6 Å². The average molecular weight is 290 g/mol. The van der Waals surface area contributed by atoms with Crippen LogP contribution in [0.15, 0.2) is 24.3 Å². The predicted molar refractivity (Wildman–Crippen MR) is 84.8 cm³/mol. The molecule has 3 heteroatoms. The van der Waals surface area contributed by atoms with Gasteiger partial charge in [-0.1, -0.05) is 25.5 Å². The molecule has 1 aromatic rings. The highest BCUT2D eigenvalue weighted by Crippen LogP contribution is 2.31. The number of fused-ring (bicyclic) bond motifs is 1. The lowest BCUT2D eigenvalue weighted by Crippen LogP contribution is -2.59. The van der Waals surface area contributed by atoms with E-state index in [0.29, 0.717) is 18.1 Å². The van der Waals surface area contributed by atoms with Crippen LogP contribution in [0.5, 0.6) is 0 Å². The first-order chi connectivity index (χ1) is 10.2. The Bertz CT molecular complexity index is 476. The van der Waals surface area contributed by atoms with Crippen molar-refractivity contribution in [2.24, 2.45) is 0 Å². The fourth-order valence-electron chi connectivity index (χ4n) is 4.07. The Morgan fingerprint density at radius 2 is 2.14 bits per heavy atom. The molecule has 0 spiro atoms. The topological polar surface area (TPSA) is 6.48 Å². The summed E-state index contributed by atoms with van der Waals surface area (Å²) in [7, 11) is 0. The van der Waals surface area contributed by atoms with Crippen LogP contribution in [0.2, 0.25) is 0 Å². The normalized spacial score (nSPS) is 29.1. The first kappa shape index (κ1) is 15.0. The van der Waals surface area contributed by atoms with Gasteiger partial charge in [-0.05, 0) is 50.4 Å². The largest absolute Gasteiger partial charge is 0.298 e. The molecule has 0 N–H and O–H groups in total. The van der Waals surface area contributed by atoms with Gasteiger partial charge in [-0.15, -0.1) is 0 Å². The smallest absolute Gasteiger partial charge is 0.123 e. The van der Waals surface area contributed by atoms with Crippen LogP contribution >= 0.6 is 0 Å². The second-order valence-corrected chi connectivity index (χ2v) is 6.63. The quantitative estimate of drug-likeness (QED) is 0.834. The maximum Gasteiger partial charge on any atom is 0.123 e. The van der Waals surface area contributed by atoms with Crippen molar-refractivity contribution in [3.05, 3.63) is 35.6 Å². The fraction of sp³-hybridized carbons (Fsp3) is 0.667. The second kappa shape index (κ2) is 6.45. The van der Waals surface area contributed by atoms with Crippen LogP contribution < -0.4 is 0 Å². The maximum atomic E-state index is 13.5. The molecule has 3 atom stereocenters. The third-order valence-corrected chi connectivity index (χ3v) is 5.38. The Morgan fingerprint density at radius 1 is 1.29 bits per heavy atom. The van der Waals surface area contributed by atoms with Gasteiger partial charge >= 0.3 is 0 Å². The van der Waals surface area contributed by atoms with E-state index in [2.05, 4.69) is 29.7 Å². The third kappa shape index (κ3) is 3.14. The van der Waals surface area contributed by atoms with Gasteiger partial charge in [0.15, 0.2) is 0 Å². The number of hydrogen-bond acceptors (Lipinski definition) is 2. The van der Waals surface area contributed by atoms with Crippen LogP contribution in [-0.4, -0.2) is 41.5 Å². The van der Waals surface area contributed by atoms with Crippen molar-refractivity contribution in [1.82, 2.24) is 9.80 Å². The Hall–Kier alpha value is -0.930. The van der Waals surface area contributed by atoms with Crippen molar-refractivity contribution < 1.29 is 4.39 Å². The van der Waals surface area contributed by atoms with Crippen LogP contribution in [0.4, 0.5) is 4.39 Å². The van der Waals surface area contributed by atoms with E-state index >= 15 is 0 Å². The lowest BCUT2D eigenvalue weighted by atomic mass is 9.93. The van der Waals surface area contributed by atoms with Crippen molar-refractivity contribution in [3.8, 4) is 0 Å². The highest BCUT2D eigenvalue weighted by Gasteiger charge is 2.36. The van der Waals surface area contributed by atoms with Crippen LogP contribution in [0, 0.1) is 5.82 Å². The van der Waals surface area contributed by atoms with Crippen LogP contribution in [0.25, 0.3) is 0 Å². The summed E-state index contributed by atoms with van der Waals surface area (Å²) in [5, 5.41) is 0. The highest BCUT2D eigenvalue weighted by molar-refractivity contribution is 5.20. The van der Waals surface area contributed by atoms with Gasteiger partial charge < -0.3 is 0 Å². The molecule has 2 saturated heterocycles. The standard InChI is InChI=1S/C18H27FN2/c1-3-17-12-20-10-5-4-9-18(20)13-21(17)14(2)15-7-6-8-16(19)11-15/h6-8,11,14,17-18H,3-5,9-10,12-13H2,1-2H3. The molecule has 3 rings (SSSR count). The van der Waals surface area contributed by atoms with E-state index in [9.17, 15) is 4.39 Å². The fourth-order valence-corrected chi connectivity index (χ4v) is 4.07. The summed E-state index contributed by atoms with van der Waals surface area (Å²) in [6.45, 7) is 8.09. The molecular weight excluding hydrogens is 263 g/mol. The van der Waals surface area contributed by atoms with Crippen LogP contribution in [-0.2, 0) is 0 Å². The van der Waals surface area contributed by atoms with Crippen molar-refractivity contribution >= 4 is 0 Å². The summed E-state index contributed by atoms with van der Waals surface area (Å²) in [6.07, 6.45) is 5.21. The van der Waals surface area contributed by atoms with Crippen LogP contribution in [0.3, 0.4) is 0 Å². The molecule has 0 aliphatic carbocycles. The van der Waals surface area contributed by atoms with E-state index in [1.807, 2.05) is 6.07 Å². The predicted octanol–water partition coefficient (Wildman–Crippen LogP) is 3.84. The molecule has 0 saturated carbocycles. The van der Waals surface area contributed by atoms with E-state index in [0.717, 1.165) is 12.1 Å². The molecule has 21 heavy (non-hydrogen) atoms. The third-order valence-electron chi connectivity index (χ3n) is 5.38. The van der Waals surface area contributed by atoms with E-state index in [1.54, 1.807) is 6.07 Å². The Morgan fingerprint density at radius 3 is 2.90 bits per heavy atom. The molecule has 2 fully saturated rings. The summed E-state index contributed by atoms with van der Waals surface area (Å²) in [4.78, 5) is 5.30. The highest BCUT2D eigenvalue weighted by atomic mass is 19.1. The first-order valence-corrected chi connectivity index (χ1v) is 8.44. The number of piperazine rings is 1. The number of benzene rings is 1. The van der Waals surface area contributed by atoms with Gasteiger partial charge in [0.1, 0.15) is 5.82 Å². The monoisotopic (exact) mass is 290 g/mol. The summed E-state index contributed by atoms with van der Waals surface area (Å²) in [5.41, 5.74) is 1.11. The minimum Gasteiger partial charge on any atom is -0.298 e. The number of hydrogen-bond donors (Lipinski definition) is 0. The zero-order valence-electron chi connectivity index (χ0n) is 13.3. The average Bonchev–Trinajstić information content (AvgIpc) is 2.53. The van der Waals surface area contributed by atoms with Gasteiger partial charge in [-0.3, -0.25) is 9.80 Å². The molecule has 2 aliphatic rings. The summed E-state index contributed by atoms with van der Waals surface area (Å²) >= 11 is 0. The van der Waals surface area contributed by atoms with Gasteiger partial charge in [0.05, 0.1) is 0 Å². The number of nitrogens with zero attached hydrogens (tertiary/aromatic N) is 2. The zero-order chi connectivity index (χ0) is 14.8. The lowest BCUT2D eigenvalue weighted by Gasteiger charge is -2.50. The summed E-state index contributed by atoms with van der Waals surface area (Å²) in [5.74, 6) is -0.122. The molecule has 1 aromatic carbocycles. The first-order valence-electron chi connectivity index (χ1n) is 8.44. The number of halogens is 1. The van der Waals surface area contributed by atoms with Crippen LogP contribution in [0.1, 0.15) is 51.1 Å². The van der Waals surface area contributed by atoms with Gasteiger partial charge in [-0.25, -0.2) is 4.39 Å². The van der Waals surface area contributed by atoms with Gasteiger partial charge in [0.2, 0.25) is 0 Å². The summed E-state index contributed by atoms with van der Waals surface area (Å²) in [6, 6.07) is 8.73. The molecule has 2 aliphatic heterocycles. The molecule has 0 bridgehead atoms. The second-order valence-electron chi connectivity index (χ2n) is 6.63. The molecule has 2 heterocycles. The zero-order valence-corrected chi connectivity index (χ0v) is 13.3. The Labute approximate surface area is 127 Å². The molecule has 0 radical (unpaired) electrons. The molecule has 116 valence electrons. The van der Waals surface area contributed by atoms with Gasteiger partial charge in [0, 0.05) is 31.2 Å². The van der Waals surface area contributed by atoms with Gasteiger partial charge in [0.25, 0.3) is 0 Å². The SMILES string of the molecule is CCC1CN2CCCCC2CN1C(C)c1cccc(F)c1. The molecule has 0 aromatic heterocycles. The Kier molecular flexibility index (Phi) is 4.60. The molecule has 0 amide bonds. The van der Waals surface area contributed by atoms with E-state index in [-0.39, 0.29) is 5.82 Å². The van der Waals surface area contributed by atoms with Crippen molar-refractivity contribution in [2.45, 2.75) is 57.7 Å². The molecular formula is C18H27FN2. The molecule has 2 nitrogen and oxygen atoms in total. The molecule has 3 unspecified atom stereocenters. The minimum absolute atomic E-state index is 0.122. The van der Waals surface area contributed by atoms with E-state index in [1.165, 1.54) is 44.8 Å².